The van der Waals surface area contributed by atoms with E-state index in [9.17, 15) is 18.0 Å². The van der Waals surface area contributed by atoms with Gasteiger partial charge in [-0.1, -0.05) is 31.2 Å². The van der Waals surface area contributed by atoms with Crippen molar-refractivity contribution >= 4 is 27.8 Å². The number of benzene rings is 1. The molecule has 0 radical (unpaired) electrons. The highest BCUT2D eigenvalue weighted by atomic mass is 32.2. The Labute approximate surface area is 246 Å². The lowest BCUT2D eigenvalue weighted by Crippen LogP contribution is -2.54. The summed E-state index contributed by atoms with van der Waals surface area (Å²) in [6.07, 6.45) is 9.76. The maximum Gasteiger partial charge on any atom is 0.255 e. The summed E-state index contributed by atoms with van der Waals surface area (Å²) < 4.78 is 27.3. The molecule has 4 aliphatic rings. The van der Waals surface area contributed by atoms with Gasteiger partial charge in [0.15, 0.2) is 5.78 Å². The van der Waals surface area contributed by atoms with Crippen LogP contribution in [0.15, 0.2) is 29.8 Å². The molecule has 0 saturated carbocycles. The van der Waals surface area contributed by atoms with Gasteiger partial charge in [-0.2, -0.15) is 4.31 Å². The SMILES string of the molecule is CCCN1CCC(N(CCN2C3CCC2CC(NC(=O)C2=Cc4ccccc4C(N(C)C)C2=O)C3)S(C)(=O)=O)CC1. The fraction of sp³-hybridized carbons (Fsp3) is 0.677. The van der Waals surface area contributed by atoms with Crippen LogP contribution in [0.4, 0.5) is 0 Å². The highest BCUT2D eigenvalue weighted by Crippen LogP contribution is 2.37. The molecule has 0 spiro atoms. The Morgan fingerprint density at radius 3 is 2.29 bits per heavy atom. The van der Waals surface area contributed by atoms with Gasteiger partial charge in [0.2, 0.25) is 10.0 Å². The van der Waals surface area contributed by atoms with E-state index in [4.69, 9.17) is 0 Å². The summed E-state index contributed by atoms with van der Waals surface area (Å²) in [5.41, 5.74) is 2.07. The first-order valence-corrected chi connectivity index (χ1v) is 17.2. The lowest BCUT2D eigenvalue weighted by molar-refractivity contribution is -0.125. The molecule has 3 heterocycles. The number of fused-ring (bicyclic) bond motifs is 3. The fourth-order valence-corrected chi connectivity index (χ4v) is 8.86. The lowest BCUT2D eigenvalue weighted by Gasteiger charge is -2.42. The van der Waals surface area contributed by atoms with Crippen molar-refractivity contribution in [2.24, 2.45) is 0 Å². The minimum atomic E-state index is -3.30. The van der Waals surface area contributed by atoms with Crippen LogP contribution in [0.5, 0.6) is 0 Å². The molecule has 9 nitrogen and oxygen atoms in total. The van der Waals surface area contributed by atoms with Gasteiger partial charge in [0.25, 0.3) is 5.91 Å². The van der Waals surface area contributed by atoms with E-state index in [2.05, 4.69) is 22.0 Å². The quantitative estimate of drug-likeness (QED) is 0.422. The Kier molecular flexibility index (Phi) is 9.35. The third-order valence-corrected chi connectivity index (χ3v) is 10.9. The van der Waals surface area contributed by atoms with Crippen molar-refractivity contribution in [2.45, 2.75) is 82.1 Å². The molecule has 1 aliphatic carbocycles. The molecule has 3 unspecified atom stereocenters. The van der Waals surface area contributed by atoms with E-state index >= 15 is 0 Å². The number of carbonyl (C=O) groups is 2. The number of likely N-dealkylation sites (N-methyl/N-ethyl adjacent to an activating group) is 1. The number of ketones is 1. The van der Waals surface area contributed by atoms with Gasteiger partial charge in [0, 0.05) is 37.3 Å². The summed E-state index contributed by atoms with van der Waals surface area (Å²) in [7, 11) is 0.441. The van der Waals surface area contributed by atoms with Crippen molar-refractivity contribution < 1.29 is 18.0 Å². The zero-order chi connectivity index (χ0) is 29.3. The van der Waals surface area contributed by atoms with Gasteiger partial charge in [-0.3, -0.25) is 19.4 Å². The van der Waals surface area contributed by atoms with Crippen LogP contribution >= 0.6 is 0 Å². The predicted molar refractivity (Wildman–Crippen MR) is 162 cm³/mol. The highest BCUT2D eigenvalue weighted by Gasteiger charge is 2.43. The lowest BCUT2D eigenvalue weighted by atomic mass is 9.85. The largest absolute Gasteiger partial charge is 0.349 e. The topological polar surface area (TPSA) is 93.3 Å². The minimum Gasteiger partial charge on any atom is -0.349 e. The Hall–Kier alpha value is -2.11. The van der Waals surface area contributed by atoms with Crippen molar-refractivity contribution in [3.05, 3.63) is 41.0 Å². The maximum absolute atomic E-state index is 13.4. The molecular formula is C31H47N5O4S. The van der Waals surface area contributed by atoms with Crippen molar-refractivity contribution in [3.8, 4) is 0 Å². The number of nitrogens with one attached hydrogen (secondary N) is 1. The Balaban J connectivity index is 1.20. The van der Waals surface area contributed by atoms with E-state index in [-0.39, 0.29) is 29.3 Å². The molecule has 3 atom stereocenters. The second-order valence-electron chi connectivity index (χ2n) is 12.6. The first-order chi connectivity index (χ1) is 19.6. The standard InChI is InChI=1S/C31H47N5O4S/c1-5-14-34-15-12-24(13-16-34)36(41(4,39)40)18-17-35-25-10-11-26(35)21-23(20-25)32-31(38)28-19-22-8-6-7-9-27(22)29(30(28)37)33(2)3/h6-9,19,23-26,29H,5,10-18,20-21H2,1-4H3,(H,32,38). The molecule has 1 amide bonds. The predicted octanol–water partition coefficient (Wildman–Crippen LogP) is 2.50. The van der Waals surface area contributed by atoms with Crippen molar-refractivity contribution in [3.63, 3.8) is 0 Å². The molecule has 3 fully saturated rings. The van der Waals surface area contributed by atoms with Gasteiger partial charge in [-0.05, 0) is 95.9 Å². The van der Waals surface area contributed by atoms with Crippen LogP contribution < -0.4 is 5.32 Å². The molecule has 226 valence electrons. The van der Waals surface area contributed by atoms with E-state index < -0.39 is 16.1 Å². The molecule has 3 saturated heterocycles. The smallest absolute Gasteiger partial charge is 0.255 e. The maximum atomic E-state index is 13.4. The number of amides is 1. The minimum absolute atomic E-state index is 0.00818. The highest BCUT2D eigenvalue weighted by molar-refractivity contribution is 7.88. The number of hydrogen-bond acceptors (Lipinski definition) is 7. The van der Waals surface area contributed by atoms with Crippen molar-refractivity contribution in [1.82, 2.24) is 24.3 Å². The van der Waals surface area contributed by atoms with Gasteiger partial charge in [0.05, 0.1) is 17.9 Å². The van der Waals surface area contributed by atoms with Crippen LogP contribution in [-0.2, 0) is 19.6 Å². The van der Waals surface area contributed by atoms with Crippen LogP contribution in [0.3, 0.4) is 0 Å². The van der Waals surface area contributed by atoms with E-state index in [0.717, 1.165) is 82.3 Å². The molecule has 10 heteroatoms. The van der Waals surface area contributed by atoms with Crippen LogP contribution in [-0.4, -0.2) is 116 Å². The summed E-state index contributed by atoms with van der Waals surface area (Å²) in [4.78, 5) is 33.6. The van der Waals surface area contributed by atoms with Gasteiger partial charge in [0.1, 0.15) is 0 Å². The van der Waals surface area contributed by atoms with Crippen LogP contribution in [0.1, 0.15) is 69.0 Å². The Morgan fingerprint density at radius 1 is 1.02 bits per heavy atom. The summed E-state index contributed by atoms with van der Waals surface area (Å²) >= 11 is 0. The number of carbonyl (C=O) groups excluding carboxylic acids is 2. The van der Waals surface area contributed by atoms with Crippen LogP contribution in [0.25, 0.3) is 6.08 Å². The van der Waals surface area contributed by atoms with E-state index in [0.29, 0.717) is 18.6 Å². The normalized spacial score (nSPS) is 27.8. The van der Waals surface area contributed by atoms with Crippen LogP contribution in [0, 0.1) is 0 Å². The van der Waals surface area contributed by atoms with E-state index in [1.165, 1.54) is 6.26 Å². The zero-order valence-electron chi connectivity index (χ0n) is 25.1. The molecule has 1 N–H and O–H groups in total. The van der Waals surface area contributed by atoms with E-state index in [1.54, 1.807) is 10.4 Å². The third-order valence-electron chi connectivity index (χ3n) is 9.59. The molecule has 1 aromatic carbocycles. The Bertz CT molecular complexity index is 1240. The van der Waals surface area contributed by atoms with Gasteiger partial charge < -0.3 is 10.2 Å². The fourth-order valence-electron chi connectivity index (χ4n) is 7.70. The molecule has 0 aromatic heterocycles. The third kappa shape index (κ3) is 6.62. The molecule has 1 aromatic rings. The number of likely N-dealkylation sites (tertiary alicyclic amines) is 1. The van der Waals surface area contributed by atoms with Crippen molar-refractivity contribution in [2.75, 3.05) is 53.1 Å². The molecule has 3 aliphatic heterocycles. The van der Waals surface area contributed by atoms with E-state index in [1.807, 2.05) is 43.3 Å². The zero-order valence-corrected chi connectivity index (χ0v) is 25.9. The number of hydrogen-bond donors (Lipinski definition) is 1. The number of rotatable bonds is 10. The van der Waals surface area contributed by atoms with Crippen molar-refractivity contribution in [1.29, 1.82) is 0 Å². The van der Waals surface area contributed by atoms with Gasteiger partial charge >= 0.3 is 0 Å². The molecule has 41 heavy (non-hydrogen) atoms. The van der Waals surface area contributed by atoms with Crippen LogP contribution in [0.2, 0.25) is 0 Å². The average molecular weight is 586 g/mol. The van der Waals surface area contributed by atoms with Gasteiger partial charge in [-0.25, -0.2) is 8.42 Å². The molecule has 5 rings (SSSR count). The number of nitrogens with zero attached hydrogens (tertiary/aromatic N) is 4. The summed E-state index contributed by atoms with van der Waals surface area (Å²) in [6, 6.07) is 8.02. The second-order valence-corrected chi connectivity index (χ2v) is 14.6. The first kappa shape index (κ1) is 30.4. The number of Topliss-reactive ketones (excluding diaryl/α,β-unsaturated/α-hetero) is 1. The summed E-state index contributed by atoms with van der Waals surface area (Å²) in [5, 5.41) is 3.20. The second kappa shape index (κ2) is 12.6. The number of sulfonamides is 1. The molecule has 2 bridgehead atoms. The summed E-state index contributed by atoms with van der Waals surface area (Å²) in [6.45, 7) is 6.43. The Morgan fingerprint density at radius 2 is 1.68 bits per heavy atom. The van der Waals surface area contributed by atoms with Gasteiger partial charge in [-0.15, -0.1) is 0 Å². The monoisotopic (exact) mass is 585 g/mol. The first-order valence-electron chi connectivity index (χ1n) is 15.3. The number of piperidine rings is 2. The average Bonchev–Trinajstić information content (AvgIpc) is 3.15. The summed E-state index contributed by atoms with van der Waals surface area (Å²) in [5.74, 6) is -0.445. The molecular weight excluding hydrogens is 538 g/mol.